The minimum absolute atomic E-state index is 0.0704. The highest BCUT2D eigenvalue weighted by Gasteiger charge is 2.00. The molecular weight excluding hydrogens is 190 g/mol. The van der Waals surface area contributed by atoms with E-state index in [1.54, 1.807) is 0 Å². The van der Waals surface area contributed by atoms with E-state index in [0.29, 0.717) is 6.61 Å². The van der Waals surface area contributed by atoms with Crippen LogP contribution in [-0.2, 0) is 9.53 Å². The largest absolute Gasteiger partial charge is 0.488 e. The van der Waals surface area contributed by atoms with Crippen LogP contribution in [0.2, 0.25) is 0 Å². The zero-order valence-corrected chi connectivity index (χ0v) is 9.76. The molecule has 3 nitrogen and oxygen atoms in total. The molecule has 0 spiro atoms. The van der Waals surface area contributed by atoms with Crippen molar-refractivity contribution in [2.45, 2.75) is 51.9 Å². The first-order valence-corrected chi connectivity index (χ1v) is 5.80. The molecule has 0 heterocycles. The highest BCUT2D eigenvalue weighted by Crippen LogP contribution is 2.07. The molecular formula is C12H23NO2. The van der Waals surface area contributed by atoms with E-state index in [9.17, 15) is 4.79 Å². The second-order valence-corrected chi connectivity index (χ2v) is 3.76. The van der Waals surface area contributed by atoms with Gasteiger partial charge in [-0.1, -0.05) is 52.0 Å². The summed E-state index contributed by atoms with van der Waals surface area (Å²) >= 11 is 0. The molecule has 15 heavy (non-hydrogen) atoms. The highest BCUT2D eigenvalue weighted by atomic mass is 16.5. The Bertz CT molecular complexity index is 190. The van der Waals surface area contributed by atoms with Crippen LogP contribution in [0.25, 0.3) is 0 Å². The van der Waals surface area contributed by atoms with Gasteiger partial charge in [0.2, 0.25) is 0 Å². The zero-order valence-electron chi connectivity index (χ0n) is 9.76. The van der Waals surface area contributed by atoms with Gasteiger partial charge in [-0.25, -0.2) is 0 Å². The van der Waals surface area contributed by atoms with Crippen LogP contribution < -0.4 is 5.73 Å². The molecule has 1 amide bonds. The molecule has 0 aromatic rings. The predicted molar refractivity (Wildman–Crippen MR) is 62.3 cm³/mol. The van der Waals surface area contributed by atoms with E-state index in [-0.39, 0.29) is 5.76 Å². The van der Waals surface area contributed by atoms with Crippen molar-refractivity contribution in [3.8, 4) is 0 Å². The second-order valence-electron chi connectivity index (χ2n) is 3.76. The molecule has 0 saturated heterocycles. The van der Waals surface area contributed by atoms with E-state index in [2.05, 4.69) is 13.5 Å². The van der Waals surface area contributed by atoms with Crippen molar-refractivity contribution in [1.29, 1.82) is 0 Å². The number of ether oxygens (including phenoxy) is 1. The van der Waals surface area contributed by atoms with Gasteiger partial charge < -0.3 is 10.5 Å². The SMILES string of the molecule is C=C(OCCCCCCCCC)C(N)=O. The summed E-state index contributed by atoms with van der Waals surface area (Å²) in [6, 6.07) is 0. The highest BCUT2D eigenvalue weighted by molar-refractivity contribution is 5.89. The molecule has 0 aliphatic rings. The second kappa shape index (κ2) is 9.56. The van der Waals surface area contributed by atoms with Crippen molar-refractivity contribution >= 4 is 5.91 Å². The van der Waals surface area contributed by atoms with Gasteiger partial charge in [0, 0.05) is 0 Å². The first-order valence-electron chi connectivity index (χ1n) is 5.80. The fourth-order valence-corrected chi connectivity index (χ4v) is 1.33. The maximum atomic E-state index is 10.5. The van der Waals surface area contributed by atoms with Crippen LogP contribution in [-0.4, -0.2) is 12.5 Å². The molecule has 0 unspecified atom stereocenters. The van der Waals surface area contributed by atoms with Crippen molar-refractivity contribution in [2.24, 2.45) is 5.73 Å². The Kier molecular flexibility index (Phi) is 8.93. The molecule has 0 aromatic heterocycles. The van der Waals surface area contributed by atoms with Crippen molar-refractivity contribution < 1.29 is 9.53 Å². The van der Waals surface area contributed by atoms with Gasteiger partial charge in [-0.05, 0) is 6.42 Å². The fraction of sp³-hybridized carbons (Fsp3) is 0.750. The molecule has 0 aliphatic carbocycles. The van der Waals surface area contributed by atoms with E-state index in [1.807, 2.05) is 0 Å². The topological polar surface area (TPSA) is 52.3 Å². The normalized spacial score (nSPS) is 9.93. The molecule has 2 N–H and O–H groups in total. The molecule has 0 bridgehead atoms. The number of hydrogen-bond donors (Lipinski definition) is 1. The fourth-order valence-electron chi connectivity index (χ4n) is 1.33. The van der Waals surface area contributed by atoms with Crippen molar-refractivity contribution in [3.63, 3.8) is 0 Å². The number of carbonyl (C=O) groups is 1. The summed E-state index contributed by atoms with van der Waals surface area (Å²) in [5.41, 5.74) is 4.97. The van der Waals surface area contributed by atoms with E-state index in [4.69, 9.17) is 10.5 Å². The first kappa shape index (κ1) is 14.0. The average molecular weight is 213 g/mol. The summed E-state index contributed by atoms with van der Waals surface area (Å²) in [7, 11) is 0. The Balaban J connectivity index is 3.11. The lowest BCUT2D eigenvalue weighted by Gasteiger charge is -2.05. The Morgan fingerprint density at radius 2 is 1.67 bits per heavy atom. The Hall–Kier alpha value is -0.990. The Morgan fingerprint density at radius 1 is 1.13 bits per heavy atom. The van der Waals surface area contributed by atoms with E-state index in [1.165, 1.54) is 32.1 Å². The molecule has 0 aliphatic heterocycles. The quantitative estimate of drug-likeness (QED) is 0.344. The Labute approximate surface area is 92.7 Å². The van der Waals surface area contributed by atoms with Crippen LogP contribution in [0, 0.1) is 0 Å². The first-order chi connectivity index (χ1) is 7.18. The van der Waals surface area contributed by atoms with E-state index in [0.717, 1.165) is 12.8 Å². The number of carbonyl (C=O) groups excluding carboxylic acids is 1. The van der Waals surface area contributed by atoms with Gasteiger partial charge in [0.25, 0.3) is 5.91 Å². The maximum Gasteiger partial charge on any atom is 0.283 e. The summed E-state index contributed by atoms with van der Waals surface area (Å²) in [6.45, 7) is 6.18. The molecule has 3 heteroatoms. The van der Waals surface area contributed by atoms with Crippen molar-refractivity contribution in [2.75, 3.05) is 6.61 Å². The van der Waals surface area contributed by atoms with E-state index >= 15 is 0 Å². The molecule has 0 radical (unpaired) electrons. The smallest absolute Gasteiger partial charge is 0.283 e. The summed E-state index contributed by atoms with van der Waals surface area (Å²) in [4.78, 5) is 10.5. The molecule has 0 aromatic carbocycles. The molecule has 88 valence electrons. The van der Waals surface area contributed by atoms with Crippen molar-refractivity contribution in [1.82, 2.24) is 0 Å². The maximum absolute atomic E-state index is 10.5. The number of hydrogen-bond acceptors (Lipinski definition) is 2. The number of rotatable bonds is 10. The molecule has 0 atom stereocenters. The number of amides is 1. The van der Waals surface area contributed by atoms with Crippen LogP contribution in [0.5, 0.6) is 0 Å². The third kappa shape index (κ3) is 9.32. The summed E-state index contributed by atoms with van der Waals surface area (Å²) in [6.07, 6.45) is 8.59. The Morgan fingerprint density at radius 3 is 2.20 bits per heavy atom. The van der Waals surface area contributed by atoms with Crippen LogP contribution in [0.4, 0.5) is 0 Å². The average Bonchev–Trinajstić information content (AvgIpc) is 2.21. The summed E-state index contributed by atoms with van der Waals surface area (Å²) in [5.74, 6) is -0.501. The van der Waals surface area contributed by atoms with Gasteiger partial charge in [0.15, 0.2) is 5.76 Å². The monoisotopic (exact) mass is 213 g/mol. The van der Waals surface area contributed by atoms with Gasteiger partial charge >= 0.3 is 0 Å². The van der Waals surface area contributed by atoms with Gasteiger partial charge in [0.1, 0.15) is 0 Å². The lowest BCUT2D eigenvalue weighted by Crippen LogP contribution is -2.15. The van der Waals surface area contributed by atoms with Crippen LogP contribution >= 0.6 is 0 Å². The number of primary amides is 1. The van der Waals surface area contributed by atoms with Gasteiger partial charge in [-0.3, -0.25) is 4.79 Å². The summed E-state index contributed by atoms with van der Waals surface area (Å²) in [5, 5.41) is 0. The minimum Gasteiger partial charge on any atom is -0.488 e. The standard InChI is InChI=1S/C12H23NO2/c1-3-4-5-6-7-8-9-10-15-11(2)12(13)14/h2-10H2,1H3,(H2,13,14). The van der Waals surface area contributed by atoms with Crippen LogP contribution in [0.1, 0.15) is 51.9 Å². The lowest BCUT2D eigenvalue weighted by molar-refractivity contribution is -0.117. The van der Waals surface area contributed by atoms with Gasteiger partial charge in [-0.15, -0.1) is 0 Å². The number of nitrogens with two attached hydrogens (primary N) is 1. The predicted octanol–water partition coefficient (Wildman–Crippen LogP) is 2.75. The third-order valence-corrected chi connectivity index (χ3v) is 2.30. The van der Waals surface area contributed by atoms with Crippen LogP contribution in [0.15, 0.2) is 12.3 Å². The van der Waals surface area contributed by atoms with Gasteiger partial charge in [-0.2, -0.15) is 0 Å². The van der Waals surface area contributed by atoms with Crippen LogP contribution in [0.3, 0.4) is 0 Å². The minimum atomic E-state index is -0.571. The zero-order chi connectivity index (χ0) is 11.5. The lowest BCUT2D eigenvalue weighted by atomic mass is 10.1. The third-order valence-electron chi connectivity index (χ3n) is 2.30. The van der Waals surface area contributed by atoms with E-state index < -0.39 is 5.91 Å². The summed E-state index contributed by atoms with van der Waals surface area (Å²) < 4.78 is 5.06. The molecule has 0 saturated carbocycles. The van der Waals surface area contributed by atoms with Gasteiger partial charge in [0.05, 0.1) is 6.61 Å². The molecule has 0 fully saturated rings. The molecule has 0 rings (SSSR count). The van der Waals surface area contributed by atoms with Crippen molar-refractivity contribution in [3.05, 3.63) is 12.3 Å². The number of unbranched alkanes of at least 4 members (excludes halogenated alkanes) is 6.